The molecule has 0 aliphatic heterocycles. The van der Waals surface area contributed by atoms with Gasteiger partial charge in [-0.1, -0.05) is 32.1 Å². The minimum Gasteiger partial charge on any atom is -0.423 e. The van der Waals surface area contributed by atoms with E-state index in [4.69, 9.17) is 13.6 Å². The molecule has 0 radical (unpaired) electrons. The van der Waals surface area contributed by atoms with Gasteiger partial charge in [-0.2, -0.15) is 0 Å². The zero-order valence-corrected chi connectivity index (χ0v) is 15.1. The topological polar surface area (TPSA) is 44.8 Å². The maximum atomic E-state index is 11.8. The van der Waals surface area contributed by atoms with Gasteiger partial charge >= 0.3 is 15.3 Å². The van der Waals surface area contributed by atoms with Crippen molar-refractivity contribution in [3.05, 3.63) is 35.9 Å². The molecule has 0 aliphatic rings. The first-order chi connectivity index (χ1) is 10.5. The van der Waals surface area contributed by atoms with Crippen molar-refractivity contribution < 1.29 is 18.4 Å². The Kier molecular flexibility index (Phi) is 8.09. The van der Waals surface area contributed by atoms with Crippen LogP contribution in [-0.4, -0.2) is 28.5 Å². The third-order valence-corrected chi connectivity index (χ3v) is 5.43. The van der Waals surface area contributed by atoms with Gasteiger partial charge in [0.2, 0.25) is 0 Å². The van der Waals surface area contributed by atoms with E-state index in [1.165, 1.54) is 0 Å². The number of benzene rings is 1. The van der Waals surface area contributed by atoms with Crippen LogP contribution in [0.4, 0.5) is 0 Å². The number of carbonyl (C=O) groups excluding carboxylic acids is 1. The Balaban J connectivity index is 3.20. The number of rotatable bonds is 9. The molecular weight excluding hydrogens is 296 g/mol. The SMILES string of the molecule is C=C(C)C(=O)Oc1cccc([SiH](OCC)OCC)c1CCC. The van der Waals surface area contributed by atoms with Crippen molar-refractivity contribution in [3.8, 4) is 5.75 Å². The first kappa shape index (κ1) is 18.6. The predicted molar refractivity (Wildman–Crippen MR) is 90.9 cm³/mol. The lowest BCUT2D eigenvalue weighted by atomic mass is 10.1. The van der Waals surface area contributed by atoms with E-state index < -0.39 is 15.3 Å². The molecule has 1 aromatic carbocycles. The Morgan fingerprint density at radius 3 is 2.32 bits per heavy atom. The Morgan fingerprint density at radius 1 is 1.18 bits per heavy atom. The van der Waals surface area contributed by atoms with Crippen LogP contribution in [0, 0.1) is 0 Å². The average molecular weight is 322 g/mol. The number of esters is 1. The molecule has 0 spiro atoms. The second kappa shape index (κ2) is 9.56. The van der Waals surface area contributed by atoms with E-state index in [0.29, 0.717) is 24.5 Å². The molecule has 0 aliphatic carbocycles. The highest BCUT2D eigenvalue weighted by Gasteiger charge is 2.22. The standard InChI is InChI=1S/C17H26O4Si/c1-6-10-14-15(21-17(18)13(4)5)11-9-12-16(14)22(19-7-2)20-8-3/h9,11-12,22H,4,6-8,10H2,1-3,5H3. The van der Waals surface area contributed by atoms with Crippen molar-refractivity contribution in [2.24, 2.45) is 0 Å². The molecule has 0 saturated carbocycles. The fourth-order valence-electron chi connectivity index (χ4n) is 2.13. The monoisotopic (exact) mass is 322 g/mol. The van der Waals surface area contributed by atoms with Gasteiger partial charge in [0.25, 0.3) is 0 Å². The van der Waals surface area contributed by atoms with Gasteiger partial charge in [-0.05, 0) is 44.0 Å². The van der Waals surface area contributed by atoms with Crippen LogP contribution in [0.25, 0.3) is 0 Å². The van der Waals surface area contributed by atoms with E-state index in [1.807, 2.05) is 32.0 Å². The molecule has 122 valence electrons. The average Bonchev–Trinajstić information content (AvgIpc) is 2.49. The van der Waals surface area contributed by atoms with Crippen molar-refractivity contribution in [1.29, 1.82) is 0 Å². The third-order valence-electron chi connectivity index (χ3n) is 3.11. The molecule has 0 fully saturated rings. The summed E-state index contributed by atoms with van der Waals surface area (Å²) in [5, 5.41) is 1.05. The van der Waals surface area contributed by atoms with Gasteiger partial charge in [0, 0.05) is 18.8 Å². The van der Waals surface area contributed by atoms with Gasteiger partial charge in [-0.25, -0.2) is 4.79 Å². The first-order valence-electron chi connectivity index (χ1n) is 7.77. The molecule has 0 unspecified atom stereocenters. The summed E-state index contributed by atoms with van der Waals surface area (Å²) in [6.07, 6.45) is 1.77. The van der Waals surface area contributed by atoms with Crippen LogP contribution in [0.3, 0.4) is 0 Å². The zero-order chi connectivity index (χ0) is 16.5. The van der Waals surface area contributed by atoms with Gasteiger partial charge in [0.15, 0.2) is 0 Å². The molecule has 1 rings (SSSR count). The summed E-state index contributed by atoms with van der Waals surface area (Å²) in [6, 6.07) is 5.72. The molecule has 0 bridgehead atoms. The Morgan fingerprint density at radius 2 is 1.82 bits per heavy atom. The molecule has 22 heavy (non-hydrogen) atoms. The second-order valence-corrected chi connectivity index (χ2v) is 6.94. The van der Waals surface area contributed by atoms with E-state index >= 15 is 0 Å². The van der Waals surface area contributed by atoms with E-state index in [1.54, 1.807) is 6.92 Å². The number of ether oxygens (including phenoxy) is 1. The normalized spacial score (nSPS) is 10.8. The number of hydrogen-bond acceptors (Lipinski definition) is 4. The minimum absolute atomic E-state index is 0.385. The molecule has 0 aromatic heterocycles. The van der Waals surface area contributed by atoms with Gasteiger partial charge in [0.05, 0.1) is 0 Å². The highest BCUT2D eigenvalue weighted by Crippen LogP contribution is 2.20. The fourth-order valence-corrected chi connectivity index (χ4v) is 4.03. The Labute approximate surface area is 134 Å². The summed E-state index contributed by atoms with van der Waals surface area (Å²) in [7, 11) is -1.97. The van der Waals surface area contributed by atoms with Crippen LogP contribution in [0.15, 0.2) is 30.4 Å². The lowest BCUT2D eigenvalue weighted by Crippen LogP contribution is -2.39. The lowest BCUT2D eigenvalue weighted by molar-refractivity contribution is -0.130. The van der Waals surface area contributed by atoms with Crippen molar-refractivity contribution in [1.82, 2.24) is 0 Å². The van der Waals surface area contributed by atoms with Crippen molar-refractivity contribution >= 4 is 20.4 Å². The van der Waals surface area contributed by atoms with Gasteiger partial charge in [-0.15, -0.1) is 0 Å². The molecular formula is C17H26O4Si. The first-order valence-corrected chi connectivity index (χ1v) is 9.29. The zero-order valence-electron chi connectivity index (χ0n) is 14.0. The van der Waals surface area contributed by atoms with Crippen LogP contribution in [0.2, 0.25) is 0 Å². The highest BCUT2D eigenvalue weighted by molar-refractivity contribution is 6.62. The molecule has 0 N–H and O–H groups in total. The second-order valence-electron chi connectivity index (χ2n) is 4.99. The van der Waals surface area contributed by atoms with Crippen molar-refractivity contribution in [2.75, 3.05) is 13.2 Å². The summed E-state index contributed by atoms with van der Waals surface area (Å²) in [4.78, 5) is 11.8. The summed E-state index contributed by atoms with van der Waals surface area (Å²) in [6.45, 7) is 12.5. The van der Waals surface area contributed by atoms with E-state index in [0.717, 1.165) is 23.6 Å². The van der Waals surface area contributed by atoms with Crippen LogP contribution in [-0.2, 0) is 20.1 Å². The van der Waals surface area contributed by atoms with Crippen LogP contribution < -0.4 is 9.92 Å². The quantitative estimate of drug-likeness (QED) is 0.303. The van der Waals surface area contributed by atoms with E-state index in [9.17, 15) is 4.79 Å². The third kappa shape index (κ3) is 5.09. The summed E-state index contributed by atoms with van der Waals surface area (Å²) in [5.41, 5.74) is 1.40. The summed E-state index contributed by atoms with van der Waals surface area (Å²) in [5.74, 6) is 0.185. The van der Waals surface area contributed by atoms with Gasteiger partial charge in [-0.3, -0.25) is 0 Å². The Hall–Kier alpha value is -1.43. The van der Waals surface area contributed by atoms with E-state index in [-0.39, 0.29) is 0 Å². The van der Waals surface area contributed by atoms with Crippen molar-refractivity contribution in [3.63, 3.8) is 0 Å². The minimum atomic E-state index is -1.97. The van der Waals surface area contributed by atoms with Crippen molar-refractivity contribution in [2.45, 2.75) is 40.5 Å². The maximum Gasteiger partial charge on any atom is 0.356 e. The van der Waals surface area contributed by atoms with Crippen LogP contribution in [0.5, 0.6) is 5.75 Å². The van der Waals surface area contributed by atoms with Gasteiger partial charge in [0.1, 0.15) is 5.75 Å². The predicted octanol–water partition coefficient (Wildman–Crippen LogP) is 2.62. The van der Waals surface area contributed by atoms with E-state index in [2.05, 4.69) is 13.5 Å². The summed E-state index contributed by atoms with van der Waals surface area (Å²) >= 11 is 0. The maximum absolute atomic E-state index is 11.8. The van der Waals surface area contributed by atoms with Crippen LogP contribution in [0.1, 0.15) is 39.7 Å². The van der Waals surface area contributed by atoms with Gasteiger partial charge < -0.3 is 13.6 Å². The number of hydrogen-bond donors (Lipinski definition) is 0. The summed E-state index contributed by atoms with van der Waals surface area (Å²) < 4.78 is 17.1. The molecule has 0 heterocycles. The molecule has 5 heteroatoms. The molecule has 4 nitrogen and oxygen atoms in total. The highest BCUT2D eigenvalue weighted by atomic mass is 28.3. The molecule has 0 atom stereocenters. The smallest absolute Gasteiger partial charge is 0.356 e. The fraction of sp³-hybridized carbons (Fsp3) is 0.471. The number of carbonyl (C=O) groups is 1. The Bertz CT molecular complexity index is 507. The largest absolute Gasteiger partial charge is 0.423 e. The lowest BCUT2D eigenvalue weighted by Gasteiger charge is -2.20. The van der Waals surface area contributed by atoms with Crippen LogP contribution >= 0.6 is 0 Å². The molecule has 1 aromatic rings. The molecule has 0 saturated heterocycles. The molecule has 0 amide bonds.